The summed E-state index contributed by atoms with van der Waals surface area (Å²) >= 11 is 1.52. The summed E-state index contributed by atoms with van der Waals surface area (Å²) in [5.74, 6) is 1.31. The first-order valence-corrected chi connectivity index (χ1v) is 7.57. The van der Waals surface area contributed by atoms with Gasteiger partial charge in [-0.25, -0.2) is 5.06 Å². The number of benzene rings is 1. The van der Waals surface area contributed by atoms with Crippen LogP contribution in [0, 0.1) is 0 Å². The van der Waals surface area contributed by atoms with Crippen molar-refractivity contribution in [3.05, 3.63) is 24.3 Å². The Morgan fingerprint density at radius 2 is 2.16 bits per heavy atom. The van der Waals surface area contributed by atoms with E-state index in [0.29, 0.717) is 25.5 Å². The van der Waals surface area contributed by atoms with Crippen LogP contribution in [0.2, 0.25) is 0 Å². The van der Waals surface area contributed by atoms with Gasteiger partial charge in [0.15, 0.2) is 0 Å². The third-order valence-electron chi connectivity index (χ3n) is 2.78. The second-order valence-corrected chi connectivity index (χ2v) is 5.28. The topological polar surface area (TPSA) is 38.8 Å². The van der Waals surface area contributed by atoms with Crippen LogP contribution in [0.5, 0.6) is 5.75 Å². The molecule has 19 heavy (non-hydrogen) atoms. The maximum atomic E-state index is 11.9. The van der Waals surface area contributed by atoms with Crippen LogP contribution in [0.3, 0.4) is 0 Å². The lowest BCUT2D eigenvalue weighted by Gasteiger charge is -2.25. The second kappa shape index (κ2) is 7.40. The zero-order valence-corrected chi connectivity index (χ0v) is 11.9. The first-order valence-electron chi connectivity index (χ1n) is 6.58. The van der Waals surface area contributed by atoms with E-state index in [-0.39, 0.29) is 5.91 Å². The third-order valence-corrected chi connectivity index (χ3v) is 3.77. The predicted molar refractivity (Wildman–Crippen MR) is 75.2 cm³/mol. The van der Waals surface area contributed by atoms with Crippen molar-refractivity contribution in [2.75, 3.05) is 25.5 Å². The van der Waals surface area contributed by atoms with Crippen molar-refractivity contribution < 1.29 is 14.4 Å². The fourth-order valence-electron chi connectivity index (χ4n) is 1.81. The number of hydroxylamine groups is 2. The van der Waals surface area contributed by atoms with Crippen molar-refractivity contribution in [3.63, 3.8) is 0 Å². The number of rotatable bonds is 5. The van der Waals surface area contributed by atoms with Gasteiger partial charge < -0.3 is 4.74 Å². The molecule has 4 nitrogen and oxygen atoms in total. The molecule has 0 spiro atoms. The Hall–Kier alpha value is -1.20. The average Bonchev–Trinajstić information content (AvgIpc) is 2.47. The largest absolute Gasteiger partial charge is 0.494 e. The number of hydrogen-bond acceptors (Lipinski definition) is 4. The van der Waals surface area contributed by atoms with Crippen LogP contribution in [0.15, 0.2) is 29.2 Å². The normalized spacial score (nSPS) is 15.3. The fourth-order valence-corrected chi connectivity index (χ4v) is 2.57. The molecule has 1 aromatic carbocycles. The summed E-state index contributed by atoms with van der Waals surface area (Å²) in [6.45, 7) is 3.99. The number of amides is 1. The fraction of sp³-hybridized carbons (Fsp3) is 0.500. The van der Waals surface area contributed by atoms with E-state index < -0.39 is 0 Å². The number of carbonyl (C=O) groups excluding carboxylic acids is 1. The van der Waals surface area contributed by atoms with Crippen LogP contribution in [0.4, 0.5) is 0 Å². The molecule has 1 heterocycles. The van der Waals surface area contributed by atoms with Crippen molar-refractivity contribution in [2.45, 2.75) is 24.7 Å². The molecule has 0 radical (unpaired) electrons. The first-order chi connectivity index (χ1) is 9.29. The Morgan fingerprint density at radius 3 is 2.79 bits per heavy atom. The highest BCUT2D eigenvalue weighted by molar-refractivity contribution is 8.00. The molecule has 0 bridgehead atoms. The van der Waals surface area contributed by atoms with Gasteiger partial charge in [-0.05, 0) is 44.0 Å². The Balaban J connectivity index is 1.79. The van der Waals surface area contributed by atoms with Crippen LogP contribution in [0.1, 0.15) is 19.8 Å². The molecule has 1 amide bonds. The van der Waals surface area contributed by atoms with Crippen molar-refractivity contribution >= 4 is 17.7 Å². The molecule has 1 aliphatic heterocycles. The van der Waals surface area contributed by atoms with Gasteiger partial charge in [0.25, 0.3) is 5.91 Å². The van der Waals surface area contributed by atoms with Gasteiger partial charge in [0.05, 0.1) is 19.0 Å². The monoisotopic (exact) mass is 281 g/mol. The molecule has 1 aliphatic rings. The molecule has 104 valence electrons. The maximum absolute atomic E-state index is 11.9. The van der Waals surface area contributed by atoms with Crippen LogP contribution in [-0.4, -0.2) is 36.5 Å². The summed E-state index contributed by atoms with van der Waals surface area (Å²) < 4.78 is 5.38. The highest BCUT2D eigenvalue weighted by atomic mass is 32.2. The van der Waals surface area contributed by atoms with E-state index in [9.17, 15) is 4.79 Å². The maximum Gasteiger partial charge on any atom is 0.256 e. The molecule has 1 saturated heterocycles. The highest BCUT2D eigenvalue weighted by Gasteiger charge is 2.17. The summed E-state index contributed by atoms with van der Waals surface area (Å²) in [4.78, 5) is 18.3. The average molecular weight is 281 g/mol. The van der Waals surface area contributed by atoms with Crippen LogP contribution in [0.25, 0.3) is 0 Å². The van der Waals surface area contributed by atoms with Gasteiger partial charge in [-0.1, -0.05) is 0 Å². The smallest absolute Gasteiger partial charge is 0.256 e. The van der Waals surface area contributed by atoms with Gasteiger partial charge in [-0.2, -0.15) is 0 Å². The molecule has 2 rings (SSSR count). The summed E-state index contributed by atoms with van der Waals surface area (Å²) in [5.41, 5.74) is 0. The van der Waals surface area contributed by atoms with E-state index in [2.05, 4.69) is 0 Å². The van der Waals surface area contributed by atoms with Crippen LogP contribution >= 0.6 is 11.8 Å². The zero-order chi connectivity index (χ0) is 13.5. The molecule has 0 saturated carbocycles. The molecular weight excluding hydrogens is 262 g/mol. The summed E-state index contributed by atoms with van der Waals surface area (Å²) in [6, 6.07) is 7.79. The number of ether oxygens (including phenoxy) is 1. The standard InChI is InChI=1S/C14H19NO3S/c1-2-17-12-5-7-13(8-6-12)19-11-14(16)15-9-3-4-10-18-15/h5-8H,2-4,9-11H2,1H3. The lowest BCUT2D eigenvalue weighted by molar-refractivity contribution is -0.194. The molecule has 0 unspecified atom stereocenters. The predicted octanol–water partition coefficient (Wildman–Crippen LogP) is 2.73. The van der Waals surface area contributed by atoms with Gasteiger partial charge in [-0.3, -0.25) is 9.63 Å². The van der Waals surface area contributed by atoms with Gasteiger partial charge in [0.2, 0.25) is 0 Å². The molecule has 1 aromatic rings. The lowest BCUT2D eigenvalue weighted by Crippen LogP contribution is -2.36. The SMILES string of the molecule is CCOc1ccc(SCC(=O)N2CCCCO2)cc1. The van der Waals surface area contributed by atoms with E-state index in [1.165, 1.54) is 16.8 Å². The van der Waals surface area contributed by atoms with E-state index in [0.717, 1.165) is 23.5 Å². The lowest BCUT2D eigenvalue weighted by atomic mass is 10.3. The highest BCUT2D eigenvalue weighted by Crippen LogP contribution is 2.22. The van der Waals surface area contributed by atoms with Crippen LogP contribution < -0.4 is 4.74 Å². The second-order valence-electron chi connectivity index (χ2n) is 4.23. The zero-order valence-electron chi connectivity index (χ0n) is 11.1. The van der Waals surface area contributed by atoms with E-state index >= 15 is 0 Å². The Morgan fingerprint density at radius 1 is 1.37 bits per heavy atom. The van der Waals surface area contributed by atoms with Crippen LogP contribution in [-0.2, 0) is 9.63 Å². The Bertz CT molecular complexity index is 402. The minimum Gasteiger partial charge on any atom is -0.494 e. The van der Waals surface area contributed by atoms with Gasteiger partial charge >= 0.3 is 0 Å². The molecule has 0 aliphatic carbocycles. The molecule has 0 atom stereocenters. The Labute approximate surface area is 118 Å². The van der Waals surface area contributed by atoms with Gasteiger partial charge in [0.1, 0.15) is 5.75 Å². The van der Waals surface area contributed by atoms with E-state index in [4.69, 9.17) is 9.57 Å². The molecule has 0 N–H and O–H groups in total. The molecule has 1 fully saturated rings. The number of hydrogen-bond donors (Lipinski definition) is 0. The number of thioether (sulfide) groups is 1. The van der Waals surface area contributed by atoms with Crippen molar-refractivity contribution in [1.29, 1.82) is 0 Å². The van der Waals surface area contributed by atoms with E-state index in [1.807, 2.05) is 31.2 Å². The summed E-state index contributed by atoms with van der Waals surface area (Å²) in [6.07, 6.45) is 2.06. The first kappa shape index (κ1) is 14.2. The van der Waals surface area contributed by atoms with Crippen molar-refractivity contribution in [2.24, 2.45) is 0 Å². The minimum absolute atomic E-state index is 0.0404. The Kier molecular flexibility index (Phi) is 5.54. The minimum atomic E-state index is 0.0404. The van der Waals surface area contributed by atoms with Gasteiger partial charge in [0, 0.05) is 11.4 Å². The summed E-state index contributed by atoms with van der Waals surface area (Å²) in [5, 5.41) is 1.49. The van der Waals surface area contributed by atoms with Crippen molar-refractivity contribution in [1.82, 2.24) is 5.06 Å². The molecule has 0 aromatic heterocycles. The quantitative estimate of drug-likeness (QED) is 0.778. The molecular formula is C14H19NO3S. The molecule has 5 heteroatoms. The van der Waals surface area contributed by atoms with Gasteiger partial charge in [-0.15, -0.1) is 11.8 Å². The number of nitrogens with zero attached hydrogens (tertiary/aromatic N) is 1. The van der Waals surface area contributed by atoms with E-state index in [1.54, 1.807) is 0 Å². The third kappa shape index (κ3) is 4.44. The van der Waals surface area contributed by atoms with Crippen molar-refractivity contribution in [3.8, 4) is 5.75 Å². The summed E-state index contributed by atoms with van der Waals surface area (Å²) in [7, 11) is 0. The number of carbonyl (C=O) groups is 1.